The molecular formula is C16H15N3OS. The molecule has 0 saturated heterocycles. The molecule has 0 bridgehead atoms. The van der Waals surface area contributed by atoms with Crippen LogP contribution in [0.2, 0.25) is 0 Å². The van der Waals surface area contributed by atoms with Crippen molar-refractivity contribution in [1.82, 2.24) is 14.8 Å². The Hall–Kier alpha value is -2.14. The number of fused-ring (bicyclic) bond motifs is 1. The molecule has 2 aromatic heterocycles. The minimum Gasteiger partial charge on any atom is -0.293 e. The highest BCUT2D eigenvalue weighted by Gasteiger charge is 2.19. The maximum atomic E-state index is 12.5. The number of thiazole rings is 1. The van der Waals surface area contributed by atoms with Crippen molar-refractivity contribution in [3.63, 3.8) is 0 Å². The zero-order valence-corrected chi connectivity index (χ0v) is 12.3. The molecule has 21 heavy (non-hydrogen) atoms. The molecule has 5 heteroatoms. The van der Waals surface area contributed by atoms with Crippen molar-refractivity contribution in [1.29, 1.82) is 0 Å². The molecule has 1 N–H and O–H groups in total. The summed E-state index contributed by atoms with van der Waals surface area (Å²) in [5, 5.41) is 5.95. The molecule has 3 aromatic rings. The third-order valence-corrected chi connectivity index (χ3v) is 4.75. The fourth-order valence-corrected chi connectivity index (χ4v) is 3.62. The predicted octanol–water partition coefficient (Wildman–Crippen LogP) is 3.17. The van der Waals surface area contributed by atoms with Gasteiger partial charge < -0.3 is 0 Å². The van der Waals surface area contributed by atoms with Gasteiger partial charge in [0.25, 0.3) is 5.56 Å². The van der Waals surface area contributed by atoms with Crippen LogP contribution in [-0.4, -0.2) is 14.8 Å². The van der Waals surface area contributed by atoms with Crippen LogP contribution in [0.15, 0.2) is 40.5 Å². The van der Waals surface area contributed by atoms with E-state index in [2.05, 4.69) is 10.1 Å². The van der Waals surface area contributed by atoms with Gasteiger partial charge in [-0.1, -0.05) is 30.3 Å². The van der Waals surface area contributed by atoms with Crippen molar-refractivity contribution in [2.45, 2.75) is 25.7 Å². The minimum absolute atomic E-state index is 0.0682. The van der Waals surface area contributed by atoms with E-state index in [9.17, 15) is 4.79 Å². The summed E-state index contributed by atoms with van der Waals surface area (Å²) >= 11 is 1.50. The van der Waals surface area contributed by atoms with Crippen LogP contribution in [0.1, 0.15) is 24.1 Å². The van der Waals surface area contributed by atoms with E-state index in [0.717, 1.165) is 48.2 Å². The fraction of sp³-hybridized carbons (Fsp3) is 0.250. The first kappa shape index (κ1) is 12.6. The zero-order valence-electron chi connectivity index (χ0n) is 11.5. The van der Waals surface area contributed by atoms with Gasteiger partial charge in [0.2, 0.25) is 5.13 Å². The highest BCUT2D eigenvalue weighted by molar-refractivity contribution is 7.12. The Labute approximate surface area is 126 Å². The number of H-pyrrole nitrogens is 1. The second-order valence-electron chi connectivity index (χ2n) is 5.30. The van der Waals surface area contributed by atoms with Gasteiger partial charge in [0.1, 0.15) is 0 Å². The average Bonchev–Trinajstić information content (AvgIpc) is 3.14. The lowest BCUT2D eigenvalue weighted by atomic mass is 9.98. The highest BCUT2D eigenvalue weighted by atomic mass is 32.1. The molecule has 2 heterocycles. The lowest BCUT2D eigenvalue weighted by molar-refractivity contribution is 0.670. The van der Waals surface area contributed by atoms with Crippen LogP contribution in [0.3, 0.4) is 0 Å². The van der Waals surface area contributed by atoms with Gasteiger partial charge >= 0.3 is 0 Å². The van der Waals surface area contributed by atoms with Crippen LogP contribution in [0, 0.1) is 0 Å². The third kappa shape index (κ3) is 2.14. The quantitative estimate of drug-likeness (QED) is 0.790. The van der Waals surface area contributed by atoms with E-state index in [4.69, 9.17) is 0 Å². The number of nitrogens with one attached hydrogen (secondary N) is 1. The largest absolute Gasteiger partial charge is 0.293 e. The first-order valence-corrected chi connectivity index (χ1v) is 8.05. The third-order valence-electron chi connectivity index (χ3n) is 3.93. The maximum absolute atomic E-state index is 12.5. The zero-order chi connectivity index (χ0) is 14.2. The Morgan fingerprint density at radius 3 is 2.76 bits per heavy atom. The Balaban J connectivity index is 1.77. The molecule has 4 rings (SSSR count). The summed E-state index contributed by atoms with van der Waals surface area (Å²) in [5.74, 6) is 0. The van der Waals surface area contributed by atoms with Crippen molar-refractivity contribution in [3.8, 4) is 16.4 Å². The molecule has 4 nitrogen and oxygen atoms in total. The lowest BCUT2D eigenvalue weighted by Gasteiger charge is -2.07. The van der Waals surface area contributed by atoms with Crippen molar-refractivity contribution >= 4 is 11.3 Å². The molecule has 0 saturated carbocycles. The summed E-state index contributed by atoms with van der Waals surface area (Å²) < 4.78 is 1.60. The van der Waals surface area contributed by atoms with Crippen LogP contribution in [0.4, 0.5) is 0 Å². The van der Waals surface area contributed by atoms with Crippen molar-refractivity contribution in [3.05, 3.63) is 57.3 Å². The molecule has 1 aliphatic carbocycles. The first-order chi connectivity index (χ1) is 10.3. The lowest BCUT2D eigenvalue weighted by Crippen LogP contribution is -2.17. The van der Waals surface area contributed by atoms with Crippen LogP contribution in [-0.2, 0) is 12.8 Å². The summed E-state index contributed by atoms with van der Waals surface area (Å²) in [7, 11) is 0. The number of aromatic nitrogens is 3. The number of aromatic amines is 1. The van der Waals surface area contributed by atoms with Crippen LogP contribution >= 0.6 is 11.3 Å². The van der Waals surface area contributed by atoms with E-state index in [1.807, 2.05) is 35.7 Å². The summed E-state index contributed by atoms with van der Waals surface area (Å²) in [4.78, 5) is 17.1. The number of nitrogens with zero attached hydrogens (tertiary/aromatic N) is 2. The van der Waals surface area contributed by atoms with E-state index in [0.29, 0.717) is 5.13 Å². The van der Waals surface area contributed by atoms with Gasteiger partial charge in [-0.25, -0.2) is 4.98 Å². The molecule has 106 valence electrons. The van der Waals surface area contributed by atoms with E-state index in [1.165, 1.54) is 11.3 Å². The smallest absolute Gasteiger partial charge is 0.276 e. The standard InChI is InChI=1S/C16H15N3OS/c20-15-12-8-4-5-9-13(12)18-19(15)16-17-14(10-21-16)11-6-2-1-3-7-11/h1-3,6-7,10,18H,4-5,8-9H2. The summed E-state index contributed by atoms with van der Waals surface area (Å²) in [6, 6.07) is 10.0. The molecule has 0 atom stereocenters. The van der Waals surface area contributed by atoms with Crippen LogP contribution in [0.25, 0.3) is 16.4 Å². The van der Waals surface area contributed by atoms with E-state index in [1.54, 1.807) is 4.68 Å². The van der Waals surface area contributed by atoms with Crippen molar-refractivity contribution in [2.24, 2.45) is 0 Å². The van der Waals surface area contributed by atoms with Gasteiger partial charge in [-0.05, 0) is 25.7 Å². The molecule has 0 radical (unpaired) electrons. The minimum atomic E-state index is 0.0682. The number of rotatable bonds is 2. The Bertz CT molecular complexity index is 829. The molecule has 0 aliphatic heterocycles. The number of hydrogen-bond donors (Lipinski definition) is 1. The molecule has 0 spiro atoms. The second kappa shape index (κ2) is 5.00. The molecule has 1 aliphatic rings. The molecular weight excluding hydrogens is 282 g/mol. The van der Waals surface area contributed by atoms with Gasteiger partial charge in [0, 0.05) is 22.2 Å². The number of benzene rings is 1. The topological polar surface area (TPSA) is 50.7 Å². The molecule has 0 fully saturated rings. The van der Waals surface area contributed by atoms with Gasteiger partial charge in [-0.3, -0.25) is 9.89 Å². The van der Waals surface area contributed by atoms with Crippen LogP contribution < -0.4 is 5.56 Å². The van der Waals surface area contributed by atoms with E-state index in [-0.39, 0.29) is 5.56 Å². The van der Waals surface area contributed by atoms with Gasteiger partial charge in [0.05, 0.1) is 5.69 Å². The number of hydrogen-bond acceptors (Lipinski definition) is 3. The van der Waals surface area contributed by atoms with E-state index >= 15 is 0 Å². The van der Waals surface area contributed by atoms with Gasteiger partial charge in [0.15, 0.2) is 0 Å². The van der Waals surface area contributed by atoms with E-state index < -0.39 is 0 Å². The fourth-order valence-electron chi connectivity index (χ4n) is 2.83. The highest BCUT2D eigenvalue weighted by Crippen LogP contribution is 2.24. The second-order valence-corrected chi connectivity index (χ2v) is 6.13. The Morgan fingerprint density at radius 2 is 1.95 bits per heavy atom. The first-order valence-electron chi connectivity index (χ1n) is 7.17. The SMILES string of the molecule is O=c1c2c([nH]n1-c1nc(-c3ccccc3)cs1)CCCC2. The summed E-state index contributed by atoms with van der Waals surface area (Å²) in [6.45, 7) is 0. The normalized spacial score (nSPS) is 14.1. The van der Waals surface area contributed by atoms with Gasteiger partial charge in [-0.15, -0.1) is 11.3 Å². The monoisotopic (exact) mass is 297 g/mol. The Morgan fingerprint density at radius 1 is 1.14 bits per heavy atom. The average molecular weight is 297 g/mol. The van der Waals surface area contributed by atoms with Crippen molar-refractivity contribution < 1.29 is 0 Å². The predicted molar refractivity (Wildman–Crippen MR) is 84.1 cm³/mol. The molecule has 0 unspecified atom stereocenters. The summed E-state index contributed by atoms with van der Waals surface area (Å²) in [5.41, 5.74) is 4.08. The van der Waals surface area contributed by atoms with Gasteiger partial charge in [-0.2, -0.15) is 4.68 Å². The van der Waals surface area contributed by atoms with Crippen molar-refractivity contribution in [2.75, 3.05) is 0 Å². The Kier molecular flexibility index (Phi) is 3.00. The number of aryl methyl sites for hydroxylation is 1. The molecule has 1 aromatic carbocycles. The molecule has 0 amide bonds. The van der Waals surface area contributed by atoms with Crippen LogP contribution in [0.5, 0.6) is 0 Å². The summed E-state index contributed by atoms with van der Waals surface area (Å²) in [6.07, 6.45) is 4.11. The maximum Gasteiger partial charge on any atom is 0.276 e.